The predicted molar refractivity (Wildman–Crippen MR) is 147 cm³/mol. The second-order valence-electron chi connectivity index (χ2n) is 8.93. The van der Waals surface area contributed by atoms with E-state index in [1.54, 1.807) is 49.6 Å². The lowest BCUT2D eigenvalue weighted by Gasteiger charge is -2.27. The second kappa shape index (κ2) is 11.5. The number of esters is 1. The van der Waals surface area contributed by atoms with E-state index in [1.165, 1.54) is 7.11 Å². The van der Waals surface area contributed by atoms with Gasteiger partial charge in [0.25, 0.3) is 0 Å². The summed E-state index contributed by atoms with van der Waals surface area (Å²) in [7, 11) is 3.08. The number of rotatable bonds is 8. The van der Waals surface area contributed by atoms with Crippen LogP contribution in [0.4, 0.5) is 0 Å². The van der Waals surface area contributed by atoms with Crippen molar-refractivity contribution in [1.82, 2.24) is 0 Å². The summed E-state index contributed by atoms with van der Waals surface area (Å²) < 4.78 is 28.2. The number of nitrogens with two attached hydrogens (primary N) is 1. The minimum absolute atomic E-state index is 0.0281. The van der Waals surface area contributed by atoms with Crippen LogP contribution in [-0.2, 0) is 6.61 Å². The molecular formula is C32H26N2O6. The van der Waals surface area contributed by atoms with E-state index >= 15 is 0 Å². The fourth-order valence-electron chi connectivity index (χ4n) is 4.48. The van der Waals surface area contributed by atoms with Crippen LogP contribution >= 0.6 is 0 Å². The average molecular weight is 535 g/mol. The molecule has 8 heteroatoms. The van der Waals surface area contributed by atoms with E-state index in [-0.39, 0.29) is 17.2 Å². The largest absolute Gasteiger partial charge is 0.497 e. The molecule has 0 amide bonds. The number of methoxy groups -OCH3 is 2. The molecule has 1 heterocycles. The fourth-order valence-corrected chi connectivity index (χ4v) is 4.48. The van der Waals surface area contributed by atoms with E-state index in [4.69, 9.17) is 29.4 Å². The zero-order valence-corrected chi connectivity index (χ0v) is 21.9. The first kappa shape index (κ1) is 26.2. The minimum atomic E-state index is -0.553. The quantitative estimate of drug-likeness (QED) is 0.226. The van der Waals surface area contributed by atoms with Crippen molar-refractivity contribution in [1.29, 1.82) is 5.26 Å². The molecule has 0 spiro atoms. The molecular weight excluding hydrogens is 508 g/mol. The molecule has 4 aromatic carbocycles. The Morgan fingerprint density at radius 2 is 1.73 bits per heavy atom. The zero-order valence-electron chi connectivity index (χ0n) is 21.9. The molecule has 200 valence electrons. The molecule has 40 heavy (non-hydrogen) atoms. The summed E-state index contributed by atoms with van der Waals surface area (Å²) in [4.78, 5) is 12.7. The Hall–Kier alpha value is -5.42. The van der Waals surface area contributed by atoms with E-state index in [2.05, 4.69) is 6.07 Å². The maximum Gasteiger partial charge on any atom is 0.343 e. The summed E-state index contributed by atoms with van der Waals surface area (Å²) >= 11 is 0. The molecule has 5 rings (SSSR count). The van der Waals surface area contributed by atoms with E-state index < -0.39 is 11.9 Å². The van der Waals surface area contributed by atoms with Gasteiger partial charge in [0.15, 0.2) is 11.5 Å². The van der Waals surface area contributed by atoms with Gasteiger partial charge in [-0.3, -0.25) is 0 Å². The normalized spacial score (nSPS) is 13.9. The summed E-state index contributed by atoms with van der Waals surface area (Å²) in [5, 5.41) is 9.95. The maximum atomic E-state index is 12.7. The molecule has 4 aromatic rings. The fraction of sp³-hybridized carbons (Fsp3) is 0.125. The third-order valence-corrected chi connectivity index (χ3v) is 6.46. The molecule has 0 aliphatic carbocycles. The van der Waals surface area contributed by atoms with Gasteiger partial charge in [0.05, 0.1) is 25.7 Å². The van der Waals surface area contributed by atoms with Crippen molar-refractivity contribution in [2.75, 3.05) is 14.2 Å². The number of carbonyl (C=O) groups is 1. The predicted octanol–water partition coefficient (Wildman–Crippen LogP) is 5.72. The lowest BCUT2D eigenvalue weighted by Crippen LogP contribution is -2.21. The van der Waals surface area contributed by atoms with Crippen LogP contribution in [0.5, 0.6) is 28.7 Å². The molecule has 0 aromatic heterocycles. The number of fused-ring (bicyclic) bond motifs is 1. The van der Waals surface area contributed by atoms with Crippen LogP contribution in [0.25, 0.3) is 0 Å². The highest BCUT2D eigenvalue weighted by Gasteiger charge is 2.32. The molecule has 0 saturated heterocycles. The van der Waals surface area contributed by atoms with Gasteiger partial charge < -0.3 is 29.4 Å². The van der Waals surface area contributed by atoms with Gasteiger partial charge in [0.1, 0.15) is 35.5 Å². The van der Waals surface area contributed by atoms with Crippen molar-refractivity contribution in [3.63, 3.8) is 0 Å². The first-order valence-corrected chi connectivity index (χ1v) is 12.4. The van der Waals surface area contributed by atoms with Gasteiger partial charge in [-0.2, -0.15) is 5.26 Å². The van der Waals surface area contributed by atoms with Crippen molar-refractivity contribution in [3.8, 4) is 34.8 Å². The molecule has 0 bridgehead atoms. The van der Waals surface area contributed by atoms with Gasteiger partial charge in [-0.1, -0.05) is 48.5 Å². The van der Waals surface area contributed by atoms with Crippen molar-refractivity contribution in [2.45, 2.75) is 12.5 Å². The highest BCUT2D eigenvalue weighted by Crippen LogP contribution is 2.45. The Bertz CT molecular complexity index is 1620. The average Bonchev–Trinajstić information content (AvgIpc) is 2.99. The number of benzene rings is 4. The number of hydrogen-bond donors (Lipinski definition) is 1. The number of ether oxygens (including phenoxy) is 5. The Morgan fingerprint density at radius 3 is 2.48 bits per heavy atom. The Balaban J connectivity index is 1.43. The van der Waals surface area contributed by atoms with Gasteiger partial charge in [-0.15, -0.1) is 0 Å². The Labute approximate surface area is 231 Å². The molecule has 2 N–H and O–H groups in total. The van der Waals surface area contributed by atoms with Crippen molar-refractivity contribution >= 4 is 5.97 Å². The lowest BCUT2D eigenvalue weighted by atomic mass is 9.83. The molecule has 0 saturated carbocycles. The molecule has 0 fully saturated rings. The molecule has 8 nitrogen and oxygen atoms in total. The van der Waals surface area contributed by atoms with E-state index in [9.17, 15) is 10.1 Å². The van der Waals surface area contributed by atoms with Gasteiger partial charge in [0.2, 0.25) is 5.88 Å². The van der Waals surface area contributed by atoms with E-state index in [0.717, 1.165) is 11.1 Å². The van der Waals surface area contributed by atoms with Crippen LogP contribution < -0.4 is 29.4 Å². The van der Waals surface area contributed by atoms with Crippen molar-refractivity contribution < 1.29 is 28.5 Å². The summed E-state index contributed by atoms with van der Waals surface area (Å²) in [5.41, 5.74) is 9.24. The monoisotopic (exact) mass is 534 g/mol. The van der Waals surface area contributed by atoms with Crippen molar-refractivity contribution in [2.24, 2.45) is 5.73 Å². The van der Waals surface area contributed by atoms with Crippen LogP contribution in [0.15, 0.2) is 102 Å². The van der Waals surface area contributed by atoms with Crippen LogP contribution in [0.2, 0.25) is 0 Å². The lowest BCUT2D eigenvalue weighted by molar-refractivity contribution is 0.0734. The topological polar surface area (TPSA) is 113 Å². The number of allylic oxidation sites excluding steroid dienone is 1. The van der Waals surface area contributed by atoms with Crippen LogP contribution in [0.3, 0.4) is 0 Å². The highest BCUT2D eigenvalue weighted by atomic mass is 16.5. The van der Waals surface area contributed by atoms with Crippen LogP contribution in [-0.4, -0.2) is 20.2 Å². The molecule has 0 radical (unpaired) electrons. The van der Waals surface area contributed by atoms with E-state index in [1.807, 2.05) is 48.5 Å². The number of nitriles is 1. The number of nitrogens with zero attached hydrogens (tertiary/aromatic N) is 1. The van der Waals surface area contributed by atoms with Gasteiger partial charge >= 0.3 is 5.97 Å². The summed E-state index contributed by atoms with van der Waals surface area (Å²) in [5.74, 6) is 1.15. The van der Waals surface area contributed by atoms with Crippen molar-refractivity contribution in [3.05, 3.63) is 125 Å². The zero-order chi connectivity index (χ0) is 28.1. The minimum Gasteiger partial charge on any atom is -0.497 e. The van der Waals surface area contributed by atoms with E-state index in [0.29, 0.717) is 40.7 Å². The standard InChI is InChI=1S/C32H26N2O6/c1-36-23-10-6-9-22(15-23)32(35)39-24-12-13-25-28(17-24)40-31(34)26(18-33)30(25)21-11-14-27(29(16-21)37-2)38-19-20-7-4-3-5-8-20/h3-17,30H,19,34H2,1-2H3. The van der Waals surface area contributed by atoms with Crippen LogP contribution in [0, 0.1) is 11.3 Å². The summed E-state index contributed by atoms with van der Waals surface area (Å²) in [6, 6.07) is 29.1. The third kappa shape index (κ3) is 5.40. The third-order valence-electron chi connectivity index (χ3n) is 6.46. The SMILES string of the molecule is COc1cccc(C(=O)Oc2ccc3c(c2)OC(N)=C(C#N)C3c2ccc(OCc3ccccc3)c(OC)c2)c1. The number of carbonyl (C=O) groups excluding carboxylic acids is 1. The molecule has 1 unspecified atom stereocenters. The highest BCUT2D eigenvalue weighted by molar-refractivity contribution is 5.91. The molecule has 1 aliphatic rings. The summed E-state index contributed by atoms with van der Waals surface area (Å²) in [6.07, 6.45) is 0. The first-order chi connectivity index (χ1) is 19.5. The van der Waals surface area contributed by atoms with Gasteiger partial charge in [0, 0.05) is 11.6 Å². The summed E-state index contributed by atoms with van der Waals surface area (Å²) in [6.45, 7) is 0.379. The Morgan fingerprint density at radius 1 is 0.900 bits per heavy atom. The molecule has 1 atom stereocenters. The van der Waals surface area contributed by atoms with Gasteiger partial charge in [-0.25, -0.2) is 4.79 Å². The maximum absolute atomic E-state index is 12.7. The second-order valence-corrected chi connectivity index (χ2v) is 8.93. The smallest absolute Gasteiger partial charge is 0.343 e. The number of hydrogen-bond acceptors (Lipinski definition) is 8. The Kier molecular flexibility index (Phi) is 7.56. The molecule has 1 aliphatic heterocycles. The first-order valence-electron chi connectivity index (χ1n) is 12.4. The van der Waals surface area contributed by atoms with Gasteiger partial charge in [-0.05, 0) is 47.5 Å². The van der Waals surface area contributed by atoms with Crippen LogP contribution in [0.1, 0.15) is 33.0 Å².